The zero-order valence-corrected chi connectivity index (χ0v) is 24.4. The minimum Gasteiger partial charge on any atom is -0.481 e. The second kappa shape index (κ2) is 11.6. The molecule has 0 aliphatic carbocycles. The van der Waals surface area contributed by atoms with Crippen LogP contribution in [0.25, 0.3) is 27.8 Å². The quantitative estimate of drug-likeness (QED) is 0.304. The summed E-state index contributed by atoms with van der Waals surface area (Å²) in [5.41, 5.74) is 6.18. The Hall–Kier alpha value is -4.77. The smallest absolute Gasteiger partial charge is 0.255 e. The van der Waals surface area contributed by atoms with Gasteiger partial charge in [-0.2, -0.15) is 10.2 Å². The van der Waals surface area contributed by atoms with Crippen molar-refractivity contribution >= 4 is 17.2 Å². The third-order valence-corrected chi connectivity index (χ3v) is 7.48. The van der Waals surface area contributed by atoms with E-state index in [1.54, 1.807) is 22.5 Å². The van der Waals surface area contributed by atoms with Gasteiger partial charge in [-0.05, 0) is 37.6 Å². The molecule has 1 aliphatic rings. The lowest BCUT2D eigenvalue weighted by atomic mass is 10.0. The van der Waals surface area contributed by atoms with Crippen molar-refractivity contribution in [2.75, 3.05) is 38.2 Å². The maximum absolute atomic E-state index is 13.1. The number of anilines is 1. The van der Waals surface area contributed by atoms with Crippen LogP contribution in [0.5, 0.6) is 5.88 Å². The predicted octanol–water partition coefficient (Wildman–Crippen LogP) is 3.66. The number of fused-ring (bicyclic) bond motifs is 1. The summed E-state index contributed by atoms with van der Waals surface area (Å²) in [7, 11) is 3.52. The van der Waals surface area contributed by atoms with E-state index in [4.69, 9.17) is 9.72 Å². The Labute approximate surface area is 244 Å². The van der Waals surface area contributed by atoms with Crippen LogP contribution in [0.15, 0.2) is 67.5 Å². The van der Waals surface area contributed by atoms with E-state index < -0.39 is 0 Å². The molecule has 0 radical (unpaired) electrons. The summed E-state index contributed by atoms with van der Waals surface area (Å²) >= 11 is 0. The summed E-state index contributed by atoms with van der Waals surface area (Å²) in [6.07, 6.45) is 11.1. The molecule has 0 saturated carbocycles. The first-order valence-corrected chi connectivity index (χ1v) is 14.1. The number of methoxy groups -OCH3 is 1. The Kier molecular flexibility index (Phi) is 7.58. The lowest BCUT2D eigenvalue weighted by Gasteiger charge is -2.35. The number of piperazine rings is 1. The van der Waals surface area contributed by atoms with Gasteiger partial charge in [-0.15, -0.1) is 0 Å². The Morgan fingerprint density at radius 2 is 1.76 bits per heavy atom. The van der Waals surface area contributed by atoms with E-state index in [1.165, 1.54) is 5.56 Å². The second-order valence-electron chi connectivity index (χ2n) is 10.9. The lowest BCUT2D eigenvalue weighted by molar-refractivity contribution is 0.0944. The van der Waals surface area contributed by atoms with Gasteiger partial charge in [0.25, 0.3) is 5.91 Å². The standard InChI is InChI=1S/C31H35N9O2/c1-21(2)36-31(41)27-17-35-40-20-24(25-16-34-37(3)19-25)13-26(30(27)40)23-6-7-28(32-15-23)39-11-9-38(10-12-39)18-22-5-8-29(42-4)33-14-22/h5-8,13-17,19-21H,9-12,18H2,1-4H3,(H,36,41). The number of hydrogen-bond acceptors (Lipinski definition) is 8. The largest absolute Gasteiger partial charge is 0.481 e. The molecule has 5 aromatic heterocycles. The van der Waals surface area contributed by atoms with Crippen LogP contribution in [0.3, 0.4) is 0 Å². The molecule has 0 unspecified atom stereocenters. The molecule has 11 heteroatoms. The fourth-order valence-electron chi connectivity index (χ4n) is 5.33. The van der Waals surface area contributed by atoms with Crippen molar-refractivity contribution in [3.63, 3.8) is 0 Å². The van der Waals surface area contributed by atoms with Crippen molar-refractivity contribution < 1.29 is 9.53 Å². The molecule has 5 aromatic rings. The fourth-order valence-corrected chi connectivity index (χ4v) is 5.33. The summed E-state index contributed by atoms with van der Waals surface area (Å²) < 4.78 is 8.72. The molecule has 0 aromatic carbocycles. The van der Waals surface area contributed by atoms with Crippen molar-refractivity contribution in [1.82, 2.24) is 39.6 Å². The van der Waals surface area contributed by atoms with Gasteiger partial charge in [-0.3, -0.25) is 14.4 Å². The number of hydrogen-bond donors (Lipinski definition) is 1. The maximum atomic E-state index is 13.1. The Morgan fingerprint density at radius 1 is 0.929 bits per heavy atom. The molecule has 6 heterocycles. The normalized spacial score (nSPS) is 14.1. The lowest BCUT2D eigenvalue weighted by Crippen LogP contribution is -2.46. The van der Waals surface area contributed by atoms with Crippen LogP contribution >= 0.6 is 0 Å². The summed E-state index contributed by atoms with van der Waals surface area (Å²) in [5.74, 6) is 1.42. The summed E-state index contributed by atoms with van der Waals surface area (Å²) in [6, 6.07) is 10.2. The fraction of sp³-hybridized carbons (Fsp3) is 0.323. The highest BCUT2D eigenvalue weighted by Crippen LogP contribution is 2.32. The molecule has 1 aliphatic heterocycles. The first-order valence-electron chi connectivity index (χ1n) is 14.1. The number of ether oxygens (including phenoxy) is 1. The number of amides is 1. The van der Waals surface area contributed by atoms with Gasteiger partial charge < -0.3 is 15.0 Å². The highest BCUT2D eigenvalue weighted by molar-refractivity contribution is 6.05. The average Bonchev–Trinajstić information content (AvgIpc) is 3.64. The molecule has 1 amide bonds. The Balaban J connectivity index is 1.24. The third kappa shape index (κ3) is 5.68. The van der Waals surface area contributed by atoms with E-state index >= 15 is 0 Å². The molecule has 6 rings (SSSR count). The van der Waals surface area contributed by atoms with Gasteiger partial charge in [-0.1, -0.05) is 6.07 Å². The van der Waals surface area contributed by atoms with Crippen LogP contribution in [-0.2, 0) is 13.6 Å². The summed E-state index contributed by atoms with van der Waals surface area (Å²) in [4.78, 5) is 27.0. The molecule has 216 valence electrons. The van der Waals surface area contributed by atoms with Gasteiger partial charge in [0.2, 0.25) is 5.88 Å². The van der Waals surface area contributed by atoms with E-state index in [2.05, 4.69) is 54.6 Å². The second-order valence-corrected chi connectivity index (χ2v) is 10.9. The van der Waals surface area contributed by atoms with E-state index in [-0.39, 0.29) is 11.9 Å². The van der Waals surface area contributed by atoms with Gasteiger partial charge in [-0.25, -0.2) is 14.5 Å². The zero-order chi connectivity index (χ0) is 29.2. The number of aryl methyl sites for hydroxylation is 1. The van der Waals surface area contributed by atoms with Crippen LogP contribution < -0.4 is 15.0 Å². The minimum atomic E-state index is -0.150. The third-order valence-electron chi connectivity index (χ3n) is 7.48. The first-order chi connectivity index (χ1) is 20.4. The number of carbonyl (C=O) groups excluding carboxylic acids is 1. The monoisotopic (exact) mass is 565 g/mol. The predicted molar refractivity (Wildman–Crippen MR) is 162 cm³/mol. The number of rotatable bonds is 8. The van der Waals surface area contributed by atoms with Crippen LogP contribution in [-0.4, -0.2) is 79.5 Å². The maximum Gasteiger partial charge on any atom is 0.255 e. The van der Waals surface area contributed by atoms with E-state index in [0.717, 1.165) is 66.3 Å². The van der Waals surface area contributed by atoms with E-state index in [9.17, 15) is 4.79 Å². The van der Waals surface area contributed by atoms with Gasteiger partial charge in [0, 0.05) is 98.9 Å². The van der Waals surface area contributed by atoms with Crippen molar-refractivity contribution in [3.05, 3.63) is 78.6 Å². The molecule has 1 saturated heterocycles. The van der Waals surface area contributed by atoms with Crippen molar-refractivity contribution in [3.8, 4) is 28.1 Å². The number of aromatic nitrogens is 6. The Morgan fingerprint density at radius 3 is 2.40 bits per heavy atom. The average molecular weight is 566 g/mol. The van der Waals surface area contributed by atoms with E-state index in [0.29, 0.717) is 11.4 Å². The molecule has 42 heavy (non-hydrogen) atoms. The number of nitrogens with zero attached hydrogens (tertiary/aromatic N) is 8. The van der Waals surface area contributed by atoms with Crippen molar-refractivity contribution in [2.24, 2.45) is 7.05 Å². The van der Waals surface area contributed by atoms with Crippen LogP contribution in [0.2, 0.25) is 0 Å². The van der Waals surface area contributed by atoms with Crippen LogP contribution in [0.1, 0.15) is 29.8 Å². The molecule has 1 fully saturated rings. The highest BCUT2D eigenvalue weighted by Gasteiger charge is 2.21. The van der Waals surface area contributed by atoms with Gasteiger partial charge in [0.1, 0.15) is 5.82 Å². The van der Waals surface area contributed by atoms with Gasteiger partial charge in [0.05, 0.1) is 30.6 Å². The van der Waals surface area contributed by atoms with E-state index in [1.807, 2.05) is 57.9 Å². The number of nitrogens with one attached hydrogen (secondary N) is 1. The van der Waals surface area contributed by atoms with Gasteiger partial charge in [0.15, 0.2) is 0 Å². The number of pyridine rings is 3. The molecule has 1 N–H and O–H groups in total. The zero-order valence-electron chi connectivity index (χ0n) is 24.4. The molecule has 0 spiro atoms. The van der Waals surface area contributed by atoms with Gasteiger partial charge >= 0.3 is 0 Å². The van der Waals surface area contributed by atoms with Crippen LogP contribution in [0, 0.1) is 0 Å². The number of carbonyl (C=O) groups is 1. The Bertz CT molecular complexity index is 1680. The van der Waals surface area contributed by atoms with Crippen LogP contribution in [0.4, 0.5) is 5.82 Å². The SMILES string of the molecule is COc1ccc(CN2CCN(c3ccc(-c4cc(-c5cnn(C)c5)cn5ncc(C(=O)NC(C)C)c45)cn3)CC2)cn1. The van der Waals surface area contributed by atoms with Crippen molar-refractivity contribution in [1.29, 1.82) is 0 Å². The van der Waals surface area contributed by atoms with Crippen molar-refractivity contribution in [2.45, 2.75) is 26.4 Å². The molecular formula is C31H35N9O2. The molecule has 11 nitrogen and oxygen atoms in total. The summed E-state index contributed by atoms with van der Waals surface area (Å²) in [5, 5.41) is 11.9. The highest BCUT2D eigenvalue weighted by atomic mass is 16.5. The minimum absolute atomic E-state index is 0.0138. The summed E-state index contributed by atoms with van der Waals surface area (Å²) in [6.45, 7) is 8.41. The molecular weight excluding hydrogens is 530 g/mol. The topological polar surface area (TPSA) is 106 Å². The molecule has 0 atom stereocenters. The first kappa shape index (κ1) is 27.4. The molecule has 0 bridgehead atoms.